The molecule has 0 radical (unpaired) electrons. The van der Waals surface area contributed by atoms with Crippen molar-refractivity contribution in [2.45, 2.75) is 20.0 Å². The number of aryl methyl sites for hydroxylation is 2. The van der Waals surface area contributed by atoms with Gasteiger partial charge >= 0.3 is 0 Å². The summed E-state index contributed by atoms with van der Waals surface area (Å²) in [5.41, 5.74) is 2.98. The van der Waals surface area contributed by atoms with Gasteiger partial charge in [-0.05, 0) is 19.1 Å². The summed E-state index contributed by atoms with van der Waals surface area (Å²) in [7, 11) is 5.56. The molecule has 3 aromatic rings. The molecule has 136 valence electrons. The van der Waals surface area contributed by atoms with Crippen molar-refractivity contribution in [3.8, 4) is 11.5 Å². The summed E-state index contributed by atoms with van der Waals surface area (Å²) in [5.74, 6) is 2.22. The van der Waals surface area contributed by atoms with E-state index in [1.54, 1.807) is 24.3 Å². The second kappa shape index (κ2) is 7.81. The Hall–Kier alpha value is -3.16. The minimum Gasteiger partial charge on any atom is -0.444 e. The Bertz CT molecular complexity index is 879. The minimum atomic E-state index is 0.519. The molecular weight excluding hydrogens is 330 g/mol. The van der Waals surface area contributed by atoms with Gasteiger partial charge < -0.3 is 14.6 Å². The number of nitrogens with one attached hydrogen (secondary N) is 1. The lowest BCUT2D eigenvalue weighted by Crippen LogP contribution is -2.38. The summed E-state index contributed by atoms with van der Waals surface area (Å²) in [6.45, 7) is 3.17. The van der Waals surface area contributed by atoms with Gasteiger partial charge in [-0.15, -0.1) is 0 Å². The van der Waals surface area contributed by atoms with E-state index in [4.69, 9.17) is 4.42 Å². The summed E-state index contributed by atoms with van der Waals surface area (Å²) >= 11 is 0. The Kier molecular flexibility index (Phi) is 5.31. The van der Waals surface area contributed by atoms with Crippen LogP contribution in [0.2, 0.25) is 0 Å². The Morgan fingerprint density at radius 3 is 2.73 bits per heavy atom. The maximum absolute atomic E-state index is 5.59. The van der Waals surface area contributed by atoms with E-state index >= 15 is 0 Å². The highest BCUT2D eigenvalue weighted by molar-refractivity contribution is 5.79. The summed E-state index contributed by atoms with van der Waals surface area (Å²) in [6, 6.07) is 8.10. The SMILES string of the molecule is CN=C(NCc1coc(-c2ccc(C)cc2)n1)N(C)Cc1ncnn1C. The van der Waals surface area contributed by atoms with Crippen LogP contribution in [-0.2, 0) is 20.1 Å². The number of aromatic nitrogens is 4. The fraction of sp³-hybridized carbons (Fsp3) is 0.333. The van der Waals surface area contributed by atoms with Gasteiger partial charge in [-0.1, -0.05) is 17.7 Å². The van der Waals surface area contributed by atoms with Crippen LogP contribution in [0.15, 0.2) is 46.3 Å². The summed E-state index contributed by atoms with van der Waals surface area (Å²) in [5, 5.41) is 7.37. The van der Waals surface area contributed by atoms with Crippen molar-refractivity contribution in [1.29, 1.82) is 0 Å². The van der Waals surface area contributed by atoms with Gasteiger partial charge in [0, 0.05) is 26.7 Å². The predicted molar refractivity (Wildman–Crippen MR) is 99.3 cm³/mol. The molecule has 1 N–H and O–H groups in total. The molecule has 8 heteroatoms. The standard InChI is InChI=1S/C18H23N7O/c1-13-5-7-14(8-6-13)17-23-15(11-26-17)9-20-18(19-2)24(3)10-16-21-12-22-25(16)4/h5-8,11-12H,9-10H2,1-4H3,(H,19,20). The van der Waals surface area contributed by atoms with E-state index < -0.39 is 0 Å². The lowest BCUT2D eigenvalue weighted by Gasteiger charge is -2.21. The number of hydrogen-bond acceptors (Lipinski definition) is 5. The lowest BCUT2D eigenvalue weighted by atomic mass is 10.1. The molecule has 8 nitrogen and oxygen atoms in total. The molecular formula is C18H23N7O. The average Bonchev–Trinajstić information content (AvgIpc) is 3.26. The van der Waals surface area contributed by atoms with E-state index in [2.05, 4.69) is 32.3 Å². The molecule has 26 heavy (non-hydrogen) atoms. The van der Waals surface area contributed by atoms with E-state index in [0.717, 1.165) is 23.0 Å². The quantitative estimate of drug-likeness (QED) is 0.558. The molecule has 0 aliphatic carbocycles. The van der Waals surface area contributed by atoms with Crippen molar-refractivity contribution in [2.75, 3.05) is 14.1 Å². The second-order valence-electron chi connectivity index (χ2n) is 6.07. The van der Waals surface area contributed by atoms with E-state index in [1.807, 2.05) is 43.3 Å². The fourth-order valence-corrected chi connectivity index (χ4v) is 2.52. The Balaban J connectivity index is 1.60. The number of hydrogen-bond donors (Lipinski definition) is 1. The van der Waals surface area contributed by atoms with Crippen molar-refractivity contribution in [3.05, 3.63) is 53.9 Å². The number of rotatable bonds is 5. The zero-order valence-corrected chi connectivity index (χ0v) is 15.5. The van der Waals surface area contributed by atoms with E-state index in [-0.39, 0.29) is 0 Å². The molecule has 0 spiro atoms. The number of nitrogens with zero attached hydrogens (tertiary/aromatic N) is 6. The van der Waals surface area contributed by atoms with Crippen LogP contribution in [0, 0.1) is 6.92 Å². The molecule has 0 fully saturated rings. The monoisotopic (exact) mass is 353 g/mol. The third kappa shape index (κ3) is 4.08. The van der Waals surface area contributed by atoms with Crippen LogP contribution in [0.1, 0.15) is 17.1 Å². The molecule has 0 atom stereocenters. The fourth-order valence-electron chi connectivity index (χ4n) is 2.52. The first-order valence-electron chi connectivity index (χ1n) is 8.33. The van der Waals surface area contributed by atoms with Gasteiger partial charge in [0.15, 0.2) is 5.96 Å². The third-order valence-electron chi connectivity index (χ3n) is 4.03. The predicted octanol–water partition coefficient (Wildman–Crippen LogP) is 1.99. The average molecular weight is 353 g/mol. The lowest BCUT2D eigenvalue weighted by molar-refractivity contribution is 0.448. The first-order chi connectivity index (χ1) is 12.6. The Morgan fingerprint density at radius 2 is 2.08 bits per heavy atom. The van der Waals surface area contributed by atoms with Gasteiger partial charge in [-0.3, -0.25) is 9.67 Å². The van der Waals surface area contributed by atoms with Crippen LogP contribution < -0.4 is 5.32 Å². The first-order valence-corrected chi connectivity index (χ1v) is 8.33. The second-order valence-corrected chi connectivity index (χ2v) is 6.07. The number of benzene rings is 1. The highest BCUT2D eigenvalue weighted by Gasteiger charge is 2.11. The zero-order chi connectivity index (χ0) is 18.5. The van der Waals surface area contributed by atoms with Crippen molar-refractivity contribution in [3.63, 3.8) is 0 Å². The van der Waals surface area contributed by atoms with Gasteiger partial charge in [0.2, 0.25) is 5.89 Å². The van der Waals surface area contributed by atoms with Crippen molar-refractivity contribution in [2.24, 2.45) is 12.0 Å². The van der Waals surface area contributed by atoms with Gasteiger partial charge in [0.05, 0.1) is 18.8 Å². The van der Waals surface area contributed by atoms with E-state index in [9.17, 15) is 0 Å². The normalized spacial score (nSPS) is 11.6. The molecule has 2 heterocycles. The summed E-state index contributed by atoms with van der Waals surface area (Å²) in [6.07, 6.45) is 3.21. The van der Waals surface area contributed by atoms with Crippen molar-refractivity contribution in [1.82, 2.24) is 30.0 Å². The van der Waals surface area contributed by atoms with E-state index in [1.165, 1.54) is 5.56 Å². The third-order valence-corrected chi connectivity index (χ3v) is 4.03. The maximum atomic E-state index is 5.59. The van der Waals surface area contributed by atoms with E-state index in [0.29, 0.717) is 19.0 Å². The smallest absolute Gasteiger partial charge is 0.226 e. The van der Waals surface area contributed by atoms with Crippen LogP contribution in [0.25, 0.3) is 11.5 Å². The molecule has 0 saturated heterocycles. The molecule has 0 saturated carbocycles. The van der Waals surface area contributed by atoms with Crippen LogP contribution in [0.3, 0.4) is 0 Å². The Labute approximate surface area is 152 Å². The molecule has 0 unspecified atom stereocenters. The van der Waals surface area contributed by atoms with Gasteiger partial charge in [-0.25, -0.2) is 9.97 Å². The molecule has 0 aliphatic heterocycles. The van der Waals surface area contributed by atoms with Crippen molar-refractivity contribution >= 4 is 5.96 Å². The molecule has 0 aliphatic rings. The number of guanidine groups is 1. The largest absolute Gasteiger partial charge is 0.444 e. The highest BCUT2D eigenvalue weighted by atomic mass is 16.3. The number of oxazole rings is 1. The van der Waals surface area contributed by atoms with Crippen LogP contribution >= 0.6 is 0 Å². The zero-order valence-electron chi connectivity index (χ0n) is 15.5. The molecule has 2 aromatic heterocycles. The topological polar surface area (TPSA) is 84.4 Å². The molecule has 0 amide bonds. The Morgan fingerprint density at radius 1 is 1.31 bits per heavy atom. The molecule has 0 bridgehead atoms. The van der Waals surface area contributed by atoms with Crippen LogP contribution in [0.5, 0.6) is 0 Å². The summed E-state index contributed by atoms with van der Waals surface area (Å²) in [4.78, 5) is 15.1. The maximum Gasteiger partial charge on any atom is 0.226 e. The number of aliphatic imine (C=N–C) groups is 1. The minimum absolute atomic E-state index is 0.519. The van der Waals surface area contributed by atoms with Crippen LogP contribution in [0.4, 0.5) is 0 Å². The van der Waals surface area contributed by atoms with Gasteiger partial charge in [0.1, 0.15) is 18.4 Å². The van der Waals surface area contributed by atoms with Gasteiger partial charge in [-0.2, -0.15) is 5.10 Å². The molecule has 1 aromatic carbocycles. The van der Waals surface area contributed by atoms with Crippen LogP contribution in [-0.4, -0.2) is 44.7 Å². The van der Waals surface area contributed by atoms with Crippen molar-refractivity contribution < 1.29 is 4.42 Å². The first kappa shape index (κ1) is 17.7. The summed E-state index contributed by atoms with van der Waals surface area (Å²) < 4.78 is 7.34. The van der Waals surface area contributed by atoms with Gasteiger partial charge in [0.25, 0.3) is 0 Å². The highest BCUT2D eigenvalue weighted by Crippen LogP contribution is 2.19. The molecule has 3 rings (SSSR count).